The number of nitrogens with zero attached hydrogens (tertiary/aromatic N) is 2. The van der Waals surface area contributed by atoms with E-state index in [4.69, 9.17) is 4.74 Å². The monoisotopic (exact) mass is 340 g/mol. The van der Waals surface area contributed by atoms with Crippen LogP contribution in [0, 0.1) is 10.1 Å². The molecule has 1 aliphatic rings. The molecule has 0 aliphatic carbocycles. The van der Waals surface area contributed by atoms with E-state index < -0.39 is 22.7 Å². The number of nitro benzene ring substituents is 1. The molecule has 0 radical (unpaired) electrons. The van der Waals surface area contributed by atoms with E-state index in [1.54, 1.807) is 0 Å². The van der Waals surface area contributed by atoms with E-state index in [-0.39, 0.29) is 40.7 Å². The number of rotatable bonds is 5. The van der Waals surface area contributed by atoms with Crippen molar-refractivity contribution in [3.63, 3.8) is 0 Å². The molecule has 8 nitrogen and oxygen atoms in total. The lowest BCUT2D eigenvalue weighted by Gasteiger charge is -2.26. The van der Waals surface area contributed by atoms with Crippen molar-refractivity contribution >= 4 is 34.2 Å². The van der Waals surface area contributed by atoms with Gasteiger partial charge in [0.2, 0.25) is 0 Å². The molecule has 126 valence electrons. The number of carbonyl (C=O) groups is 3. The first-order chi connectivity index (χ1) is 12.0. The number of hydrogen-bond acceptors (Lipinski definition) is 6. The summed E-state index contributed by atoms with van der Waals surface area (Å²) in [6.45, 7) is 2.97. The Balaban J connectivity index is 2.03. The lowest BCUT2D eigenvalue weighted by atomic mass is 9.93. The summed E-state index contributed by atoms with van der Waals surface area (Å²) in [6.07, 6.45) is 0.981. The van der Waals surface area contributed by atoms with Crippen LogP contribution in [-0.2, 0) is 9.53 Å². The smallest absolute Gasteiger partial charge is 0.330 e. The van der Waals surface area contributed by atoms with Crippen molar-refractivity contribution in [3.05, 3.63) is 64.2 Å². The third-order valence-corrected chi connectivity index (χ3v) is 3.89. The summed E-state index contributed by atoms with van der Waals surface area (Å²) in [4.78, 5) is 47.9. The molecular weight excluding hydrogens is 328 g/mol. The SMILES string of the molecule is C=CC(=O)OCCN1C(=O)c2cccc3c([N+](=O)[O-])ccc(c23)C1=O. The average molecular weight is 340 g/mol. The van der Waals surface area contributed by atoms with E-state index in [0.717, 1.165) is 11.0 Å². The zero-order valence-electron chi connectivity index (χ0n) is 12.9. The molecule has 3 rings (SSSR count). The Kier molecular flexibility index (Phi) is 4.02. The van der Waals surface area contributed by atoms with Crippen LogP contribution >= 0.6 is 0 Å². The highest BCUT2D eigenvalue weighted by Crippen LogP contribution is 2.35. The number of esters is 1. The third kappa shape index (κ3) is 2.63. The Bertz CT molecular complexity index is 927. The second kappa shape index (κ2) is 6.16. The summed E-state index contributed by atoms with van der Waals surface area (Å²) >= 11 is 0. The number of ether oxygens (including phenoxy) is 1. The number of benzene rings is 2. The van der Waals surface area contributed by atoms with Gasteiger partial charge >= 0.3 is 5.97 Å². The first-order valence-corrected chi connectivity index (χ1v) is 7.31. The maximum atomic E-state index is 12.6. The van der Waals surface area contributed by atoms with E-state index in [1.807, 2.05) is 0 Å². The minimum absolute atomic E-state index is 0.121. The highest BCUT2D eigenvalue weighted by molar-refractivity contribution is 6.26. The topological polar surface area (TPSA) is 107 Å². The van der Waals surface area contributed by atoms with Gasteiger partial charge in [0.1, 0.15) is 6.61 Å². The van der Waals surface area contributed by atoms with E-state index in [0.29, 0.717) is 0 Å². The largest absolute Gasteiger partial charge is 0.461 e. The molecule has 0 atom stereocenters. The molecule has 2 aromatic carbocycles. The minimum atomic E-state index is -0.657. The van der Waals surface area contributed by atoms with E-state index in [9.17, 15) is 24.5 Å². The summed E-state index contributed by atoms with van der Waals surface area (Å²) in [5, 5.41) is 11.7. The second-order valence-electron chi connectivity index (χ2n) is 5.25. The molecule has 0 saturated carbocycles. The van der Waals surface area contributed by atoms with Crippen LogP contribution < -0.4 is 0 Å². The zero-order valence-corrected chi connectivity index (χ0v) is 12.9. The maximum Gasteiger partial charge on any atom is 0.330 e. The van der Waals surface area contributed by atoms with Gasteiger partial charge < -0.3 is 4.74 Å². The fraction of sp³-hybridized carbons (Fsp3) is 0.118. The van der Waals surface area contributed by atoms with Crippen molar-refractivity contribution in [1.82, 2.24) is 4.90 Å². The van der Waals surface area contributed by atoms with Gasteiger partial charge in [-0.05, 0) is 18.2 Å². The van der Waals surface area contributed by atoms with Crippen LogP contribution in [0.5, 0.6) is 0 Å². The van der Waals surface area contributed by atoms with Gasteiger partial charge in [0, 0.05) is 28.7 Å². The van der Waals surface area contributed by atoms with Gasteiger partial charge in [-0.25, -0.2) is 4.79 Å². The molecule has 0 spiro atoms. The highest BCUT2D eigenvalue weighted by Gasteiger charge is 2.34. The van der Waals surface area contributed by atoms with Crippen molar-refractivity contribution in [2.45, 2.75) is 0 Å². The van der Waals surface area contributed by atoms with Crippen molar-refractivity contribution < 1.29 is 24.0 Å². The van der Waals surface area contributed by atoms with Crippen LogP contribution in [0.4, 0.5) is 5.69 Å². The van der Waals surface area contributed by atoms with E-state index in [2.05, 4.69) is 6.58 Å². The van der Waals surface area contributed by atoms with Gasteiger partial charge in [-0.3, -0.25) is 24.6 Å². The van der Waals surface area contributed by atoms with Crippen molar-refractivity contribution in [2.75, 3.05) is 13.2 Å². The number of hydrogen-bond donors (Lipinski definition) is 0. The number of carbonyl (C=O) groups excluding carboxylic acids is 3. The first kappa shape index (κ1) is 16.3. The number of non-ortho nitro benzene ring substituents is 1. The third-order valence-electron chi connectivity index (χ3n) is 3.89. The fourth-order valence-electron chi connectivity index (χ4n) is 2.79. The lowest BCUT2D eigenvalue weighted by Crippen LogP contribution is -2.42. The predicted octanol–water partition coefficient (Wildman–Crippen LogP) is 2.07. The zero-order chi connectivity index (χ0) is 18.1. The van der Waals surface area contributed by atoms with Crippen LogP contribution in [0.3, 0.4) is 0 Å². The molecule has 0 bridgehead atoms. The van der Waals surface area contributed by atoms with Crippen LogP contribution in [0.2, 0.25) is 0 Å². The number of imide groups is 1. The minimum Gasteiger partial charge on any atom is -0.461 e. The average Bonchev–Trinajstić information content (AvgIpc) is 2.61. The number of amides is 2. The van der Waals surface area contributed by atoms with Gasteiger partial charge in [-0.2, -0.15) is 0 Å². The molecule has 25 heavy (non-hydrogen) atoms. The summed E-state index contributed by atoms with van der Waals surface area (Å²) in [7, 11) is 0. The summed E-state index contributed by atoms with van der Waals surface area (Å²) < 4.78 is 4.81. The van der Waals surface area contributed by atoms with Gasteiger partial charge in [0.15, 0.2) is 0 Å². The Morgan fingerprint density at radius 1 is 1.20 bits per heavy atom. The van der Waals surface area contributed by atoms with E-state index >= 15 is 0 Å². The highest BCUT2D eigenvalue weighted by atomic mass is 16.6. The fourth-order valence-corrected chi connectivity index (χ4v) is 2.79. The molecule has 2 amide bonds. The first-order valence-electron chi connectivity index (χ1n) is 7.31. The Hall–Kier alpha value is -3.55. The van der Waals surface area contributed by atoms with Crippen molar-refractivity contribution in [2.24, 2.45) is 0 Å². The quantitative estimate of drug-likeness (QED) is 0.271. The van der Waals surface area contributed by atoms with Gasteiger partial charge in [-0.1, -0.05) is 12.6 Å². The molecule has 8 heteroatoms. The molecule has 1 aliphatic heterocycles. The molecular formula is C17H12N2O6. The molecule has 2 aromatic rings. The van der Waals surface area contributed by atoms with Crippen LogP contribution in [-0.4, -0.2) is 40.8 Å². The van der Waals surface area contributed by atoms with Crippen LogP contribution in [0.15, 0.2) is 43.0 Å². The molecule has 0 fully saturated rings. The Morgan fingerprint density at radius 2 is 1.88 bits per heavy atom. The molecule has 0 aromatic heterocycles. The summed E-state index contributed by atoms with van der Waals surface area (Å²) in [6, 6.07) is 7.11. The standard InChI is InChI=1S/C17H12N2O6/c1-2-14(20)25-9-8-18-16(21)11-5-3-4-10-13(19(23)24)7-6-12(15(10)11)17(18)22/h2-7H,1,8-9H2. The predicted molar refractivity (Wildman–Crippen MR) is 87.1 cm³/mol. The second-order valence-corrected chi connectivity index (χ2v) is 5.25. The maximum absolute atomic E-state index is 12.6. The molecule has 0 unspecified atom stereocenters. The molecule has 1 heterocycles. The van der Waals surface area contributed by atoms with Crippen LogP contribution in [0.25, 0.3) is 10.8 Å². The lowest BCUT2D eigenvalue weighted by molar-refractivity contribution is -0.383. The molecule has 0 N–H and O–H groups in total. The van der Waals surface area contributed by atoms with E-state index in [1.165, 1.54) is 30.3 Å². The normalized spacial score (nSPS) is 13.0. The van der Waals surface area contributed by atoms with Crippen molar-refractivity contribution in [3.8, 4) is 0 Å². The Labute approximate surface area is 141 Å². The van der Waals surface area contributed by atoms with Crippen molar-refractivity contribution in [1.29, 1.82) is 0 Å². The number of nitro groups is 1. The van der Waals surface area contributed by atoms with Gasteiger partial charge in [0.25, 0.3) is 17.5 Å². The molecule has 0 saturated heterocycles. The van der Waals surface area contributed by atoms with Gasteiger partial charge in [-0.15, -0.1) is 0 Å². The Morgan fingerprint density at radius 3 is 2.52 bits per heavy atom. The summed E-state index contributed by atoms with van der Waals surface area (Å²) in [5.74, 6) is -1.83. The summed E-state index contributed by atoms with van der Waals surface area (Å²) in [5.41, 5.74) is 0.228. The van der Waals surface area contributed by atoms with Gasteiger partial charge in [0.05, 0.1) is 16.9 Å². The van der Waals surface area contributed by atoms with Crippen LogP contribution in [0.1, 0.15) is 20.7 Å².